The van der Waals surface area contributed by atoms with E-state index >= 15 is 0 Å². The molecule has 3 aromatic rings. The van der Waals surface area contributed by atoms with E-state index in [9.17, 15) is 18.0 Å². The second kappa shape index (κ2) is 12.0. The van der Waals surface area contributed by atoms with E-state index in [0.29, 0.717) is 49.7 Å². The van der Waals surface area contributed by atoms with Gasteiger partial charge in [0.25, 0.3) is 0 Å². The number of aromatic nitrogens is 2. The van der Waals surface area contributed by atoms with Gasteiger partial charge in [-0.15, -0.1) is 0 Å². The molecule has 4 rings (SSSR count). The van der Waals surface area contributed by atoms with Crippen LogP contribution in [0.25, 0.3) is 11.3 Å². The first-order chi connectivity index (χ1) is 18.9. The topological polar surface area (TPSA) is 70.6 Å². The van der Waals surface area contributed by atoms with Crippen LogP contribution in [0.5, 0.6) is 5.88 Å². The van der Waals surface area contributed by atoms with Gasteiger partial charge in [0, 0.05) is 38.1 Å². The molecule has 0 radical (unpaired) electrons. The summed E-state index contributed by atoms with van der Waals surface area (Å²) in [5.74, 6) is 0.350. The van der Waals surface area contributed by atoms with Gasteiger partial charge >= 0.3 is 6.18 Å². The highest BCUT2D eigenvalue weighted by Crippen LogP contribution is 2.41. The first-order valence-electron chi connectivity index (χ1n) is 13.0. The highest BCUT2D eigenvalue weighted by Gasteiger charge is 2.44. The zero-order valence-corrected chi connectivity index (χ0v) is 23.7. The quantitative estimate of drug-likeness (QED) is 0.386. The minimum absolute atomic E-state index is 0.0304. The number of carbonyl (C=O) groups is 1. The van der Waals surface area contributed by atoms with Crippen LogP contribution >= 0.6 is 11.6 Å². The first kappa shape index (κ1) is 29.6. The Balaban J connectivity index is 1.63. The van der Waals surface area contributed by atoms with Crippen molar-refractivity contribution in [2.45, 2.75) is 37.4 Å². The molecule has 3 heterocycles. The molecule has 1 fully saturated rings. The van der Waals surface area contributed by atoms with Gasteiger partial charge in [0.2, 0.25) is 11.8 Å². The molecule has 1 aliphatic heterocycles. The molecular weight excluding hydrogens is 543 g/mol. The third-order valence-corrected chi connectivity index (χ3v) is 7.54. The van der Waals surface area contributed by atoms with Crippen LogP contribution in [0, 0.1) is 0 Å². The summed E-state index contributed by atoms with van der Waals surface area (Å²) in [6.07, 6.45) is -0.246. The van der Waals surface area contributed by atoms with Crippen molar-refractivity contribution in [3.05, 3.63) is 71.0 Å². The Bertz CT molecular complexity index is 1330. The van der Waals surface area contributed by atoms with Crippen molar-refractivity contribution in [1.29, 1.82) is 0 Å². The van der Waals surface area contributed by atoms with E-state index in [4.69, 9.17) is 16.3 Å². The summed E-state index contributed by atoms with van der Waals surface area (Å²) in [4.78, 5) is 26.7. The van der Waals surface area contributed by atoms with Gasteiger partial charge in [-0.25, -0.2) is 4.98 Å². The van der Waals surface area contributed by atoms with Crippen LogP contribution in [0.3, 0.4) is 0 Å². The summed E-state index contributed by atoms with van der Waals surface area (Å²) in [6, 6.07) is 10.7. The van der Waals surface area contributed by atoms with Crippen molar-refractivity contribution >= 4 is 23.2 Å². The molecule has 0 bridgehead atoms. The van der Waals surface area contributed by atoms with Crippen LogP contribution in [0.1, 0.15) is 30.9 Å². The number of piperidine rings is 1. The molecule has 214 valence electrons. The van der Waals surface area contributed by atoms with Crippen molar-refractivity contribution in [3.8, 4) is 17.1 Å². The van der Waals surface area contributed by atoms with Crippen molar-refractivity contribution in [1.82, 2.24) is 20.2 Å². The number of carbonyl (C=O) groups excluding carboxylic acids is 1. The lowest BCUT2D eigenvalue weighted by molar-refractivity contribution is -0.137. The maximum absolute atomic E-state index is 13.9. The van der Waals surface area contributed by atoms with Gasteiger partial charge in [-0.3, -0.25) is 9.78 Å². The molecule has 0 aliphatic carbocycles. The largest absolute Gasteiger partial charge is 0.481 e. The highest BCUT2D eigenvalue weighted by atomic mass is 35.5. The number of pyridine rings is 2. The molecule has 11 heteroatoms. The fourth-order valence-electron chi connectivity index (χ4n) is 5.26. The molecule has 1 aromatic carbocycles. The predicted octanol–water partition coefficient (Wildman–Crippen LogP) is 5.43. The van der Waals surface area contributed by atoms with E-state index in [2.05, 4.69) is 15.3 Å². The predicted molar refractivity (Wildman–Crippen MR) is 150 cm³/mol. The Hall–Kier alpha value is -3.37. The second-order valence-electron chi connectivity index (χ2n) is 10.4. The van der Waals surface area contributed by atoms with E-state index < -0.39 is 17.2 Å². The van der Waals surface area contributed by atoms with E-state index in [1.54, 1.807) is 25.6 Å². The monoisotopic (exact) mass is 575 g/mol. The number of rotatable bonds is 8. The molecule has 7 nitrogen and oxygen atoms in total. The number of nitrogens with zero attached hydrogens (tertiary/aromatic N) is 4. The van der Waals surface area contributed by atoms with Gasteiger partial charge < -0.3 is 19.9 Å². The van der Waals surface area contributed by atoms with Gasteiger partial charge in [-0.2, -0.15) is 13.2 Å². The Labute approximate surface area is 237 Å². The average molecular weight is 576 g/mol. The number of hydrogen-bond donors (Lipinski definition) is 1. The summed E-state index contributed by atoms with van der Waals surface area (Å²) in [5.41, 5.74) is 1.02. The maximum atomic E-state index is 13.9. The van der Waals surface area contributed by atoms with E-state index in [-0.39, 0.29) is 17.0 Å². The molecule has 0 spiro atoms. The summed E-state index contributed by atoms with van der Waals surface area (Å²) >= 11 is 6.29. The van der Waals surface area contributed by atoms with Gasteiger partial charge in [0.15, 0.2) is 0 Å². The number of likely N-dealkylation sites (N-methyl/N-ethyl adjacent to an activating group) is 1. The molecule has 0 saturated carbocycles. The maximum Gasteiger partial charge on any atom is 0.416 e. The van der Waals surface area contributed by atoms with Crippen molar-refractivity contribution in [2.75, 3.05) is 45.7 Å². The average Bonchev–Trinajstić information content (AvgIpc) is 2.92. The normalized spacial score (nSPS) is 16.1. The molecule has 40 heavy (non-hydrogen) atoms. The van der Waals surface area contributed by atoms with Gasteiger partial charge in [0.05, 0.1) is 40.1 Å². The van der Waals surface area contributed by atoms with Crippen LogP contribution in [-0.4, -0.2) is 67.7 Å². The van der Waals surface area contributed by atoms with Crippen molar-refractivity contribution in [3.63, 3.8) is 0 Å². The van der Waals surface area contributed by atoms with Crippen LogP contribution in [0.2, 0.25) is 5.02 Å². The number of nitrogens with one attached hydrogen (secondary N) is 1. The minimum atomic E-state index is -4.47. The summed E-state index contributed by atoms with van der Waals surface area (Å²) < 4.78 is 44.8. The number of amides is 1. The molecular formula is C29H33ClF3N5O2. The number of benzene rings is 1. The van der Waals surface area contributed by atoms with Gasteiger partial charge in [-0.1, -0.05) is 17.7 Å². The van der Waals surface area contributed by atoms with Crippen LogP contribution in [-0.2, 0) is 16.4 Å². The number of ether oxygens (including phenoxy) is 1. The Morgan fingerprint density at radius 3 is 2.48 bits per heavy atom. The smallest absolute Gasteiger partial charge is 0.416 e. The highest BCUT2D eigenvalue weighted by molar-refractivity contribution is 6.33. The van der Waals surface area contributed by atoms with Crippen molar-refractivity contribution in [2.24, 2.45) is 0 Å². The standard InChI is InChI=1S/C29H33ClF3N5O2/c1-19(18-37(2)3)36-27(39)28(21-7-9-24(35-17-21)22-6-5-13-34-26(22)40-4)11-14-38(15-12-28)25-10-8-20(16-23(25)30)29(31,32)33/h5-10,13,16-17,19H,11-12,14-15,18H2,1-4H3,(H,36,39). The fraction of sp³-hybridized carbons (Fsp3) is 0.414. The zero-order valence-electron chi connectivity index (χ0n) is 22.9. The van der Waals surface area contributed by atoms with Crippen molar-refractivity contribution < 1.29 is 22.7 Å². The summed E-state index contributed by atoms with van der Waals surface area (Å²) in [7, 11) is 5.44. The lowest BCUT2D eigenvalue weighted by Crippen LogP contribution is -2.54. The number of methoxy groups -OCH3 is 1. The van der Waals surface area contributed by atoms with E-state index in [1.807, 2.05) is 49.0 Å². The van der Waals surface area contributed by atoms with Gasteiger partial charge in [-0.05, 0) is 75.8 Å². The van der Waals surface area contributed by atoms with E-state index in [0.717, 1.165) is 23.3 Å². The minimum Gasteiger partial charge on any atom is -0.481 e. The summed E-state index contributed by atoms with van der Waals surface area (Å²) in [6.45, 7) is 3.49. The molecule has 1 saturated heterocycles. The Kier molecular flexibility index (Phi) is 8.90. The van der Waals surface area contributed by atoms with E-state index in [1.165, 1.54) is 6.07 Å². The van der Waals surface area contributed by atoms with Crippen LogP contribution < -0.4 is 15.0 Å². The Morgan fingerprint density at radius 1 is 1.18 bits per heavy atom. The molecule has 1 aliphatic rings. The molecule has 1 unspecified atom stereocenters. The summed E-state index contributed by atoms with van der Waals surface area (Å²) in [5, 5.41) is 3.20. The molecule has 2 aromatic heterocycles. The second-order valence-corrected chi connectivity index (χ2v) is 10.8. The van der Waals surface area contributed by atoms with Crippen LogP contribution in [0.4, 0.5) is 18.9 Å². The lowest BCUT2D eigenvalue weighted by atomic mass is 9.72. The third-order valence-electron chi connectivity index (χ3n) is 7.24. The van der Waals surface area contributed by atoms with Crippen LogP contribution in [0.15, 0.2) is 54.9 Å². The molecule has 1 amide bonds. The molecule has 1 N–H and O–H groups in total. The van der Waals surface area contributed by atoms with Gasteiger partial charge in [0.1, 0.15) is 0 Å². The number of alkyl halides is 3. The molecule has 1 atom stereocenters. The Morgan fingerprint density at radius 2 is 1.90 bits per heavy atom. The number of halogens is 4. The SMILES string of the molecule is COc1ncccc1-c1ccc(C2(C(=O)NC(C)CN(C)C)CCN(c3ccc(C(F)(F)F)cc3Cl)CC2)cn1. The zero-order chi connectivity index (χ0) is 29.1. The third kappa shape index (κ3) is 6.33. The fourth-order valence-corrected chi connectivity index (χ4v) is 5.56. The lowest BCUT2D eigenvalue weighted by Gasteiger charge is -2.42. The number of anilines is 1. The first-order valence-corrected chi connectivity index (χ1v) is 13.4. The number of hydrogen-bond acceptors (Lipinski definition) is 6.